The molecule has 1 atom stereocenters. The molecule has 0 radical (unpaired) electrons. The highest BCUT2D eigenvalue weighted by Gasteiger charge is 2.19. The number of thioether (sulfide) groups is 1. The molecule has 1 aliphatic carbocycles. The van der Waals surface area contributed by atoms with Crippen LogP contribution in [0.3, 0.4) is 0 Å². The van der Waals surface area contributed by atoms with Crippen molar-refractivity contribution in [1.29, 1.82) is 0 Å². The number of nitrogens with zero attached hydrogens (tertiary/aromatic N) is 2. The van der Waals surface area contributed by atoms with Crippen molar-refractivity contribution in [3.8, 4) is 0 Å². The van der Waals surface area contributed by atoms with Gasteiger partial charge >= 0.3 is 6.03 Å². The van der Waals surface area contributed by atoms with Gasteiger partial charge in [0.05, 0.1) is 5.25 Å². The molecular formula is C14H23N5O2S. The van der Waals surface area contributed by atoms with Crippen LogP contribution in [0, 0.1) is 5.92 Å². The zero-order chi connectivity index (χ0) is 15.9. The Morgan fingerprint density at radius 2 is 2.14 bits per heavy atom. The van der Waals surface area contributed by atoms with Crippen LogP contribution in [0.2, 0.25) is 0 Å². The van der Waals surface area contributed by atoms with Gasteiger partial charge in [-0.05, 0) is 19.3 Å². The van der Waals surface area contributed by atoms with Gasteiger partial charge in [-0.3, -0.25) is 15.2 Å². The lowest BCUT2D eigenvalue weighted by atomic mass is 10.0. The van der Waals surface area contributed by atoms with Gasteiger partial charge in [0, 0.05) is 13.5 Å². The Morgan fingerprint density at radius 3 is 2.82 bits per heavy atom. The van der Waals surface area contributed by atoms with Crippen molar-refractivity contribution in [2.24, 2.45) is 5.92 Å². The molecule has 3 amide bonds. The van der Waals surface area contributed by atoms with Crippen molar-refractivity contribution in [2.45, 2.75) is 55.9 Å². The number of hydrogen-bond donors (Lipinski definition) is 3. The van der Waals surface area contributed by atoms with Gasteiger partial charge in [-0.15, -0.1) is 5.10 Å². The summed E-state index contributed by atoms with van der Waals surface area (Å²) >= 11 is 1.24. The molecule has 122 valence electrons. The van der Waals surface area contributed by atoms with E-state index in [2.05, 4.69) is 25.8 Å². The van der Waals surface area contributed by atoms with Crippen molar-refractivity contribution in [2.75, 3.05) is 7.05 Å². The monoisotopic (exact) mass is 325 g/mol. The Morgan fingerprint density at radius 1 is 1.41 bits per heavy atom. The van der Waals surface area contributed by atoms with Gasteiger partial charge in [0.2, 0.25) is 11.1 Å². The van der Waals surface area contributed by atoms with E-state index in [4.69, 9.17) is 0 Å². The Bertz CT molecular complexity index is 513. The fourth-order valence-corrected chi connectivity index (χ4v) is 3.31. The second kappa shape index (κ2) is 8.17. The normalized spacial score (nSPS) is 16.5. The molecule has 3 N–H and O–H groups in total. The van der Waals surface area contributed by atoms with Crippen LogP contribution in [-0.2, 0) is 11.2 Å². The van der Waals surface area contributed by atoms with Crippen LogP contribution in [0.15, 0.2) is 5.16 Å². The second-order valence-corrected chi connectivity index (χ2v) is 6.89. The van der Waals surface area contributed by atoms with Gasteiger partial charge in [0.1, 0.15) is 5.82 Å². The SMILES string of the molecule is CNC(=O)NC(=O)[C@@H](C)Sc1n[nH]c(CCC2CCCC2)n1. The number of aromatic amines is 1. The molecule has 1 aromatic rings. The molecule has 2 rings (SSSR count). The van der Waals surface area contributed by atoms with Gasteiger partial charge < -0.3 is 5.32 Å². The minimum absolute atomic E-state index is 0.360. The molecule has 1 fully saturated rings. The summed E-state index contributed by atoms with van der Waals surface area (Å²) < 4.78 is 0. The molecule has 0 saturated heterocycles. The molecule has 22 heavy (non-hydrogen) atoms. The van der Waals surface area contributed by atoms with E-state index in [9.17, 15) is 9.59 Å². The molecule has 0 aromatic carbocycles. The summed E-state index contributed by atoms with van der Waals surface area (Å²) in [7, 11) is 1.46. The number of amides is 3. The Kier molecular flexibility index (Phi) is 6.23. The topological polar surface area (TPSA) is 99.8 Å². The number of imide groups is 1. The standard InChI is InChI=1S/C14H23N5O2S/c1-9(12(20)17-13(21)15-2)22-14-16-11(18-19-14)8-7-10-5-3-4-6-10/h9-10H,3-8H2,1-2H3,(H,16,18,19)(H2,15,17,20,21)/t9-/m1/s1. The van der Waals surface area contributed by atoms with E-state index in [1.807, 2.05) is 0 Å². The lowest BCUT2D eigenvalue weighted by Crippen LogP contribution is -2.41. The van der Waals surface area contributed by atoms with Crippen LogP contribution in [0.1, 0.15) is 44.9 Å². The molecule has 1 saturated carbocycles. The minimum Gasteiger partial charge on any atom is -0.341 e. The molecule has 7 nitrogen and oxygen atoms in total. The number of H-pyrrole nitrogens is 1. The quantitative estimate of drug-likeness (QED) is 0.693. The van der Waals surface area contributed by atoms with E-state index in [0.29, 0.717) is 5.16 Å². The van der Waals surface area contributed by atoms with E-state index >= 15 is 0 Å². The maximum atomic E-state index is 11.8. The first-order valence-corrected chi connectivity index (χ1v) is 8.57. The average molecular weight is 325 g/mol. The number of nitrogens with one attached hydrogen (secondary N) is 3. The number of aromatic nitrogens is 3. The Hall–Kier alpha value is -1.57. The van der Waals surface area contributed by atoms with Crippen molar-refractivity contribution < 1.29 is 9.59 Å². The maximum Gasteiger partial charge on any atom is 0.321 e. The van der Waals surface area contributed by atoms with Crippen molar-refractivity contribution >= 4 is 23.7 Å². The molecule has 8 heteroatoms. The minimum atomic E-state index is -0.510. The first-order valence-electron chi connectivity index (χ1n) is 7.69. The average Bonchev–Trinajstić information content (AvgIpc) is 3.16. The highest BCUT2D eigenvalue weighted by Crippen LogP contribution is 2.28. The number of carbonyl (C=O) groups excluding carboxylic acids is 2. The van der Waals surface area contributed by atoms with E-state index in [-0.39, 0.29) is 5.91 Å². The van der Waals surface area contributed by atoms with Crippen LogP contribution in [0.5, 0.6) is 0 Å². The third-order valence-electron chi connectivity index (χ3n) is 3.89. The Labute approximate surface area is 134 Å². The lowest BCUT2D eigenvalue weighted by Gasteiger charge is -2.08. The van der Waals surface area contributed by atoms with Gasteiger partial charge in [-0.25, -0.2) is 9.78 Å². The third kappa shape index (κ3) is 5.01. The zero-order valence-electron chi connectivity index (χ0n) is 13.0. The van der Waals surface area contributed by atoms with Crippen LogP contribution in [-0.4, -0.2) is 39.4 Å². The number of hydrogen-bond acceptors (Lipinski definition) is 5. The highest BCUT2D eigenvalue weighted by atomic mass is 32.2. The van der Waals surface area contributed by atoms with E-state index < -0.39 is 11.3 Å². The van der Waals surface area contributed by atoms with Crippen LogP contribution >= 0.6 is 11.8 Å². The van der Waals surface area contributed by atoms with Crippen LogP contribution < -0.4 is 10.6 Å². The third-order valence-corrected chi connectivity index (χ3v) is 4.85. The summed E-state index contributed by atoms with van der Waals surface area (Å²) in [5.41, 5.74) is 0. The molecule has 1 aliphatic rings. The summed E-state index contributed by atoms with van der Waals surface area (Å²) in [5.74, 6) is 1.33. The van der Waals surface area contributed by atoms with E-state index in [1.165, 1.54) is 44.5 Å². The molecule has 0 spiro atoms. The summed E-state index contributed by atoms with van der Waals surface area (Å²) in [6.45, 7) is 1.72. The number of urea groups is 1. The Balaban J connectivity index is 1.78. The fraction of sp³-hybridized carbons (Fsp3) is 0.714. The van der Waals surface area contributed by atoms with Gasteiger partial charge in [0.25, 0.3) is 0 Å². The van der Waals surface area contributed by atoms with Crippen molar-refractivity contribution in [3.63, 3.8) is 0 Å². The van der Waals surface area contributed by atoms with Crippen LogP contribution in [0.4, 0.5) is 4.79 Å². The lowest BCUT2D eigenvalue weighted by molar-refractivity contribution is -0.119. The molecule has 0 unspecified atom stereocenters. The maximum absolute atomic E-state index is 11.8. The fourth-order valence-electron chi connectivity index (χ4n) is 2.57. The molecule has 1 heterocycles. The summed E-state index contributed by atoms with van der Waals surface area (Å²) in [4.78, 5) is 27.3. The molecular weight excluding hydrogens is 302 g/mol. The van der Waals surface area contributed by atoms with Gasteiger partial charge in [0.15, 0.2) is 0 Å². The van der Waals surface area contributed by atoms with E-state index in [0.717, 1.165) is 24.6 Å². The molecule has 1 aromatic heterocycles. The van der Waals surface area contributed by atoms with Crippen molar-refractivity contribution in [3.05, 3.63) is 5.82 Å². The highest BCUT2D eigenvalue weighted by molar-refractivity contribution is 8.00. The van der Waals surface area contributed by atoms with Crippen LogP contribution in [0.25, 0.3) is 0 Å². The van der Waals surface area contributed by atoms with E-state index in [1.54, 1.807) is 6.92 Å². The van der Waals surface area contributed by atoms with Gasteiger partial charge in [-0.2, -0.15) is 0 Å². The predicted molar refractivity (Wildman–Crippen MR) is 84.6 cm³/mol. The summed E-state index contributed by atoms with van der Waals surface area (Å²) in [5, 5.41) is 11.8. The second-order valence-electron chi connectivity index (χ2n) is 5.58. The first-order chi connectivity index (χ1) is 10.6. The summed E-state index contributed by atoms with van der Waals surface area (Å²) in [6.07, 6.45) is 7.39. The number of carbonyl (C=O) groups is 2. The first kappa shape index (κ1) is 16.8. The largest absolute Gasteiger partial charge is 0.341 e. The van der Waals surface area contributed by atoms with Crippen molar-refractivity contribution in [1.82, 2.24) is 25.8 Å². The smallest absolute Gasteiger partial charge is 0.321 e. The number of aryl methyl sites for hydroxylation is 1. The van der Waals surface area contributed by atoms with Gasteiger partial charge in [-0.1, -0.05) is 37.4 Å². The molecule has 0 bridgehead atoms. The molecule has 0 aliphatic heterocycles. The number of rotatable bonds is 6. The summed E-state index contributed by atoms with van der Waals surface area (Å²) in [6, 6.07) is -0.510. The predicted octanol–water partition coefficient (Wildman–Crippen LogP) is 1.86. The zero-order valence-corrected chi connectivity index (χ0v) is 13.8.